The van der Waals surface area contributed by atoms with Crippen molar-refractivity contribution in [3.8, 4) is 0 Å². The zero-order chi connectivity index (χ0) is 19.3. The maximum Gasteiger partial charge on any atom is 0.338 e. The molecule has 0 saturated carbocycles. The van der Waals surface area contributed by atoms with Crippen LogP contribution in [-0.2, 0) is 8.85 Å². The third kappa shape index (κ3) is 10.1. The van der Waals surface area contributed by atoms with E-state index in [2.05, 4.69) is 51.8 Å². The van der Waals surface area contributed by atoms with Crippen molar-refractivity contribution in [1.29, 1.82) is 0 Å². The van der Waals surface area contributed by atoms with Gasteiger partial charge >= 0.3 is 8.56 Å². The highest BCUT2D eigenvalue weighted by atomic mass is 28.4. The lowest BCUT2D eigenvalue weighted by Gasteiger charge is -2.41. The average Bonchev–Trinajstić information content (AvgIpc) is 2.60. The normalized spacial score (nSPS) is 13.2. The Bertz CT molecular complexity index is 309. The molecule has 0 atom stereocenters. The second-order valence-corrected chi connectivity index (χ2v) is 11.8. The summed E-state index contributed by atoms with van der Waals surface area (Å²) in [5.41, 5.74) is 0.317. The fraction of sp³-hybridized carbons (Fsp3) is 1.00. The van der Waals surface area contributed by atoms with E-state index in [-0.39, 0.29) is 0 Å². The molecule has 0 N–H and O–H groups in total. The fourth-order valence-electron chi connectivity index (χ4n) is 3.61. The van der Waals surface area contributed by atoms with Crippen molar-refractivity contribution in [2.45, 2.75) is 70.9 Å². The van der Waals surface area contributed by atoms with Gasteiger partial charge in [0.1, 0.15) is 0 Å². The minimum absolute atomic E-state index is 0.317. The molecule has 5 heteroatoms. The molecular formula is C20H46N2O2Si. The molecule has 0 bridgehead atoms. The lowest BCUT2D eigenvalue weighted by Crippen LogP contribution is -2.46. The Kier molecular flexibility index (Phi) is 13.3. The molecule has 0 aliphatic rings. The number of unbranched alkanes of at least 4 members (excludes halogenated alkanes) is 3. The van der Waals surface area contributed by atoms with Gasteiger partial charge in [0.15, 0.2) is 0 Å². The van der Waals surface area contributed by atoms with Crippen LogP contribution in [0.15, 0.2) is 0 Å². The largest absolute Gasteiger partial charge is 0.398 e. The summed E-state index contributed by atoms with van der Waals surface area (Å²) in [6, 6.07) is 2.25. The molecule has 0 unspecified atom stereocenters. The van der Waals surface area contributed by atoms with Gasteiger partial charge in [0.2, 0.25) is 0 Å². The second kappa shape index (κ2) is 13.3. The fourth-order valence-corrected chi connectivity index (χ4v) is 7.19. The van der Waals surface area contributed by atoms with Crippen LogP contribution in [0, 0.1) is 5.41 Å². The van der Waals surface area contributed by atoms with Crippen molar-refractivity contribution in [1.82, 2.24) is 9.80 Å². The van der Waals surface area contributed by atoms with Gasteiger partial charge in [-0.25, -0.2) is 0 Å². The van der Waals surface area contributed by atoms with Crippen LogP contribution in [0.1, 0.15) is 58.8 Å². The maximum atomic E-state index is 6.13. The van der Waals surface area contributed by atoms with Gasteiger partial charge < -0.3 is 18.7 Å². The van der Waals surface area contributed by atoms with Crippen molar-refractivity contribution in [3.05, 3.63) is 0 Å². The van der Waals surface area contributed by atoms with Crippen LogP contribution in [0.25, 0.3) is 0 Å². The van der Waals surface area contributed by atoms with E-state index in [9.17, 15) is 0 Å². The monoisotopic (exact) mass is 374 g/mol. The van der Waals surface area contributed by atoms with E-state index in [0.717, 1.165) is 25.2 Å². The highest BCUT2D eigenvalue weighted by Crippen LogP contribution is 2.42. The molecule has 0 aromatic carbocycles. The third-order valence-corrected chi connectivity index (χ3v) is 9.62. The molecule has 0 heterocycles. The molecule has 0 saturated heterocycles. The van der Waals surface area contributed by atoms with Crippen molar-refractivity contribution < 1.29 is 8.85 Å². The lowest BCUT2D eigenvalue weighted by molar-refractivity contribution is 0.162. The molecule has 25 heavy (non-hydrogen) atoms. The van der Waals surface area contributed by atoms with E-state index >= 15 is 0 Å². The minimum Gasteiger partial charge on any atom is -0.398 e. The number of nitrogens with zero attached hydrogens (tertiary/aromatic N) is 2. The summed E-state index contributed by atoms with van der Waals surface area (Å²) >= 11 is 0. The topological polar surface area (TPSA) is 24.9 Å². The summed E-state index contributed by atoms with van der Waals surface area (Å²) < 4.78 is 12.3. The highest BCUT2D eigenvalue weighted by molar-refractivity contribution is 6.67. The van der Waals surface area contributed by atoms with Crippen LogP contribution in [-0.4, -0.2) is 73.9 Å². The summed E-state index contributed by atoms with van der Waals surface area (Å²) in [6.45, 7) is 6.89. The van der Waals surface area contributed by atoms with E-state index in [1.807, 2.05) is 14.2 Å². The Morgan fingerprint density at radius 1 is 0.800 bits per heavy atom. The molecule has 0 amide bonds. The van der Waals surface area contributed by atoms with E-state index in [1.54, 1.807) is 0 Å². The summed E-state index contributed by atoms with van der Waals surface area (Å²) in [5.74, 6) is 0. The molecule has 4 nitrogen and oxygen atoms in total. The van der Waals surface area contributed by atoms with Crippen LogP contribution >= 0.6 is 0 Å². The predicted molar refractivity (Wildman–Crippen MR) is 113 cm³/mol. The zero-order valence-electron chi connectivity index (χ0n) is 18.5. The first kappa shape index (κ1) is 25.1. The zero-order valence-corrected chi connectivity index (χ0v) is 19.5. The van der Waals surface area contributed by atoms with Crippen molar-refractivity contribution in [2.24, 2.45) is 5.41 Å². The van der Waals surface area contributed by atoms with Gasteiger partial charge in [0.05, 0.1) is 0 Å². The molecule has 0 radical (unpaired) electrons. The Morgan fingerprint density at radius 2 is 1.32 bits per heavy atom. The Labute approximate surface area is 159 Å². The van der Waals surface area contributed by atoms with Crippen LogP contribution < -0.4 is 0 Å². The molecular weight excluding hydrogens is 328 g/mol. The Balaban J connectivity index is 5.19. The molecule has 152 valence electrons. The summed E-state index contributed by atoms with van der Waals surface area (Å²) in [7, 11) is 10.3. The van der Waals surface area contributed by atoms with Crippen molar-refractivity contribution in [3.63, 3.8) is 0 Å². The SMILES string of the molecule is CCCCCC[Si](CC(CC)(CCN(C)C)CCN(C)C)(OC)OC. The van der Waals surface area contributed by atoms with Gasteiger partial charge in [-0.2, -0.15) is 0 Å². The number of rotatable bonds is 16. The predicted octanol–water partition coefficient (Wildman–Crippen LogP) is 4.60. The maximum absolute atomic E-state index is 6.13. The van der Waals surface area contributed by atoms with E-state index in [4.69, 9.17) is 8.85 Å². The summed E-state index contributed by atoms with van der Waals surface area (Å²) in [4.78, 5) is 4.62. The quantitative estimate of drug-likeness (QED) is 0.291. The second-order valence-electron chi connectivity index (χ2n) is 8.27. The van der Waals surface area contributed by atoms with Gasteiger partial charge in [0, 0.05) is 14.2 Å². The average molecular weight is 375 g/mol. The van der Waals surface area contributed by atoms with Crippen LogP contribution in [0.2, 0.25) is 12.1 Å². The first-order chi connectivity index (χ1) is 11.8. The van der Waals surface area contributed by atoms with Crippen LogP contribution in [0.4, 0.5) is 0 Å². The third-order valence-electron chi connectivity index (χ3n) is 5.73. The molecule has 0 aliphatic carbocycles. The first-order valence-electron chi connectivity index (χ1n) is 10.2. The van der Waals surface area contributed by atoms with Gasteiger partial charge in [-0.3, -0.25) is 0 Å². The van der Waals surface area contributed by atoms with Gasteiger partial charge in [-0.1, -0.05) is 46.0 Å². The molecule has 0 aromatic rings. The van der Waals surface area contributed by atoms with E-state index in [0.29, 0.717) is 5.41 Å². The Morgan fingerprint density at radius 3 is 1.68 bits per heavy atom. The standard InChI is InChI=1S/C20H46N2O2Si/c1-9-11-12-13-18-25(23-7,24-8)19-20(10-2,14-16-21(3)4)15-17-22(5)6/h9-19H2,1-8H3. The summed E-state index contributed by atoms with van der Waals surface area (Å²) in [6.07, 6.45) is 8.78. The molecule has 0 spiro atoms. The van der Waals surface area contributed by atoms with Gasteiger partial charge in [-0.05, 0) is 71.6 Å². The minimum atomic E-state index is -2.13. The van der Waals surface area contributed by atoms with Crippen molar-refractivity contribution >= 4 is 8.56 Å². The van der Waals surface area contributed by atoms with E-state index in [1.165, 1.54) is 44.9 Å². The lowest BCUT2D eigenvalue weighted by atomic mass is 9.80. The van der Waals surface area contributed by atoms with Crippen LogP contribution in [0.3, 0.4) is 0 Å². The number of hydrogen-bond donors (Lipinski definition) is 0. The molecule has 0 fully saturated rings. The van der Waals surface area contributed by atoms with E-state index < -0.39 is 8.56 Å². The van der Waals surface area contributed by atoms with Gasteiger partial charge in [-0.15, -0.1) is 0 Å². The Hall–Kier alpha value is 0.0569. The van der Waals surface area contributed by atoms with Crippen LogP contribution in [0.5, 0.6) is 0 Å². The highest BCUT2D eigenvalue weighted by Gasteiger charge is 2.44. The van der Waals surface area contributed by atoms with Crippen molar-refractivity contribution in [2.75, 3.05) is 55.5 Å². The smallest absolute Gasteiger partial charge is 0.338 e. The molecule has 0 rings (SSSR count). The molecule has 0 aliphatic heterocycles. The summed E-state index contributed by atoms with van der Waals surface area (Å²) in [5, 5.41) is 0. The van der Waals surface area contributed by atoms with Gasteiger partial charge in [0.25, 0.3) is 0 Å². The first-order valence-corrected chi connectivity index (χ1v) is 12.4. The number of hydrogen-bond acceptors (Lipinski definition) is 4. The molecule has 0 aromatic heterocycles.